The van der Waals surface area contributed by atoms with Gasteiger partial charge in [0.2, 0.25) is 5.78 Å². The molecule has 2 atom stereocenters. The van der Waals surface area contributed by atoms with Gasteiger partial charge in [0.1, 0.15) is 17.2 Å². The zero-order chi connectivity index (χ0) is 24.8. The van der Waals surface area contributed by atoms with Gasteiger partial charge in [-0.2, -0.15) is 0 Å². The summed E-state index contributed by atoms with van der Waals surface area (Å²) in [7, 11) is 0. The topological polar surface area (TPSA) is 81.0 Å². The Balaban J connectivity index is 1.25. The van der Waals surface area contributed by atoms with Crippen LogP contribution in [0.2, 0.25) is 0 Å². The van der Waals surface area contributed by atoms with Gasteiger partial charge in [-0.15, -0.1) is 0 Å². The van der Waals surface area contributed by atoms with E-state index < -0.39 is 0 Å². The van der Waals surface area contributed by atoms with Crippen molar-refractivity contribution in [2.24, 2.45) is 5.92 Å². The lowest BCUT2D eigenvalue weighted by atomic mass is 9.83. The number of likely N-dealkylation sites (tertiary alicyclic amines) is 1. The number of phenols is 1. The van der Waals surface area contributed by atoms with Crippen molar-refractivity contribution in [3.63, 3.8) is 0 Å². The van der Waals surface area contributed by atoms with E-state index in [-0.39, 0.29) is 28.8 Å². The number of carbonyl (C=O) groups is 1. The van der Waals surface area contributed by atoms with Crippen LogP contribution in [0.4, 0.5) is 0 Å². The Kier molecular flexibility index (Phi) is 5.64. The van der Waals surface area contributed by atoms with Gasteiger partial charge in [-0.25, -0.2) is 0 Å². The number of aromatic nitrogens is 1. The minimum atomic E-state index is -0.191. The molecule has 7 nitrogen and oxygen atoms in total. The van der Waals surface area contributed by atoms with Crippen LogP contribution < -0.4 is 15.0 Å². The molecular weight excluding hydrogens is 456 g/mol. The molecule has 0 saturated carbocycles. The summed E-state index contributed by atoms with van der Waals surface area (Å²) in [5.74, 6) is 2.01. The predicted octanol–water partition coefficient (Wildman–Crippen LogP) is 4.19. The summed E-state index contributed by atoms with van der Waals surface area (Å²) in [5, 5.41) is 10.7. The van der Waals surface area contributed by atoms with Gasteiger partial charge < -0.3 is 19.1 Å². The van der Waals surface area contributed by atoms with E-state index in [9.17, 15) is 14.7 Å². The van der Waals surface area contributed by atoms with Gasteiger partial charge in [0.25, 0.3) is 5.56 Å². The van der Waals surface area contributed by atoms with Crippen molar-refractivity contribution >= 4 is 11.9 Å². The number of ketones is 1. The fourth-order valence-corrected chi connectivity index (χ4v) is 5.78. The van der Waals surface area contributed by atoms with Crippen molar-refractivity contribution in [2.75, 3.05) is 19.7 Å². The fraction of sp³-hybridized carbons (Fsp3) is 0.310. The Labute approximate surface area is 209 Å². The quantitative estimate of drug-likeness (QED) is 0.547. The van der Waals surface area contributed by atoms with Crippen molar-refractivity contribution in [3.05, 3.63) is 93.1 Å². The number of nitrogens with zero attached hydrogens (tertiary/aromatic N) is 2. The highest BCUT2D eigenvalue weighted by Crippen LogP contribution is 2.42. The second-order valence-electron chi connectivity index (χ2n) is 9.77. The van der Waals surface area contributed by atoms with Crippen molar-refractivity contribution in [1.29, 1.82) is 0 Å². The van der Waals surface area contributed by atoms with E-state index in [4.69, 9.17) is 9.47 Å². The molecule has 2 aromatic carbocycles. The fourth-order valence-electron chi connectivity index (χ4n) is 5.78. The maximum atomic E-state index is 13.1. The third-order valence-corrected chi connectivity index (χ3v) is 7.34. The monoisotopic (exact) mass is 484 g/mol. The van der Waals surface area contributed by atoms with Gasteiger partial charge in [0.15, 0.2) is 5.76 Å². The van der Waals surface area contributed by atoms with Gasteiger partial charge in [-0.3, -0.25) is 14.5 Å². The molecule has 7 heteroatoms. The molecule has 4 heterocycles. The van der Waals surface area contributed by atoms with Crippen molar-refractivity contribution < 1.29 is 19.4 Å². The third-order valence-electron chi connectivity index (χ3n) is 7.34. The summed E-state index contributed by atoms with van der Waals surface area (Å²) in [4.78, 5) is 27.7. The molecule has 0 spiro atoms. The summed E-state index contributed by atoms with van der Waals surface area (Å²) in [6.45, 7) is 5.32. The van der Waals surface area contributed by atoms with Crippen LogP contribution >= 0.6 is 0 Å². The van der Waals surface area contributed by atoms with Crippen molar-refractivity contribution in [3.8, 4) is 17.2 Å². The van der Waals surface area contributed by atoms with Crippen molar-refractivity contribution in [1.82, 2.24) is 9.47 Å². The SMILES string of the molecule is CCOc1ccc(/C=C2\Oc3c(ccc(O)c3CN3C[C@H]4C[C@@H](C3)c3cccc(=O)n3C4)C2=O)cc1. The summed E-state index contributed by atoms with van der Waals surface area (Å²) < 4.78 is 13.5. The molecule has 1 aromatic heterocycles. The Morgan fingerprint density at radius 3 is 2.69 bits per heavy atom. The number of hydrogen-bond donors (Lipinski definition) is 1. The Hall–Kier alpha value is -3.84. The smallest absolute Gasteiger partial charge is 0.250 e. The second kappa shape index (κ2) is 8.99. The number of hydrogen-bond acceptors (Lipinski definition) is 6. The second-order valence-corrected chi connectivity index (χ2v) is 9.77. The van der Waals surface area contributed by atoms with Crippen LogP contribution in [0.1, 0.15) is 46.4 Å². The Morgan fingerprint density at radius 1 is 1.06 bits per heavy atom. The van der Waals surface area contributed by atoms with Crippen LogP contribution in [0.3, 0.4) is 0 Å². The molecule has 0 unspecified atom stereocenters. The van der Waals surface area contributed by atoms with Gasteiger partial charge in [0.05, 0.1) is 17.7 Å². The van der Waals surface area contributed by atoms with E-state index in [2.05, 4.69) is 4.90 Å². The van der Waals surface area contributed by atoms with Crippen LogP contribution in [-0.2, 0) is 13.1 Å². The van der Waals surface area contributed by atoms with Crippen LogP contribution in [-0.4, -0.2) is 40.1 Å². The van der Waals surface area contributed by atoms with E-state index >= 15 is 0 Å². The molecule has 1 N–H and O–H groups in total. The van der Waals surface area contributed by atoms with Gasteiger partial charge in [-0.1, -0.05) is 18.2 Å². The molecule has 1 fully saturated rings. The first-order valence-corrected chi connectivity index (χ1v) is 12.4. The maximum Gasteiger partial charge on any atom is 0.250 e. The summed E-state index contributed by atoms with van der Waals surface area (Å²) >= 11 is 0. The highest BCUT2D eigenvalue weighted by atomic mass is 16.5. The van der Waals surface area contributed by atoms with E-state index in [1.54, 1.807) is 24.3 Å². The normalized spacial score (nSPS) is 21.7. The standard InChI is InChI=1S/C29H28N2O5/c1-2-35-21-8-6-18(7-9-21)13-26-28(34)22-10-11-25(32)23(29(22)36-26)17-30-14-19-12-20(16-30)24-4-3-5-27(33)31(24)15-19/h3-11,13,19-20,32H,2,12,14-17H2,1H3/b26-13-/t19-,20+/m1/s1. The molecule has 2 bridgehead atoms. The zero-order valence-electron chi connectivity index (χ0n) is 20.1. The average molecular weight is 485 g/mol. The third kappa shape index (κ3) is 3.99. The van der Waals surface area contributed by atoms with E-state index in [1.165, 1.54) is 0 Å². The Bertz CT molecular complexity index is 1420. The number of allylic oxidation sites excluding steroid dienone is 1. The number of Topliss-reactive ketones (excluding diaryl/α,β-unsaturated/α-hetero) is 1. The minimum absolute atomic E-state index is 0.0629. The lowest BCUT2D eigenvalue weighted by molar-refractivity contribution is 0.101. The molecule has 0 radical (unpaired) electrons. The number of carbonyl (C=O) groups excluding carboxylic acids is 1. The van der Waals surface area contributed by atoms with Gasteiger partial charge in [0, 0.05) is 43.9 Å². The highest BCUT2D eigenvalue weighted by Gasteiger charge is 2.36. The average Bonchev–Trinajstić information content (AvgIpc) is 3.18. The van der Waals surface area contributed by atoms with Crippen LogP contribution in [0.15, 0.2) is 65.2 Å². The number of aromatic hydroxyl groups is 1. The number of phenolic OH excluding ortho intramolecular Hbond substituents is 1. The molecule has 1 saturated heterocycles. The zero-order valence-corrected chi connectivity index (χ0v) is 20.1. The summed E-state index contributed by atoms with van der Waals surface area (Å²) in [6.07, 6.45) is 2.78. The van der Waals surface area contributed by atoms with Crippen LogP contribution in [0.5, 0.6) is 17.2 Å². The molecule has 36 heavy (non-hydrogen) atoms. The molecule has 0 aliphatic carbocycles. The predicted molar refractivity (Wildman–Crippen MR) is 135 cm³/mol. The minimum Gasteiger partial charge on any atom is -0.507 e. The number of pyridine rings is 1. The first-order chi connectivity index (χ1) is 17.5. The first-order valence-electron chi connectivity index (χ1n) is 12.4. The number of rotatable bonds is 5. The molecule has 3 aliphatic heterocycles. The molecular formula is C29H28N2O5. The number of ether oxygens (including phenoxy) is 2. The van der Waals surface area contributed by atoms with Crippen LogP contribution in [0.25, 0.3) is 6.08 Å². The van der Waals surface area contributed by atoms with Crippen molar-refractivity contribution in [2.45, 2.75) is 32.4 Å². The van der Waals surface area contributed by atoms with Crippen LogP contribution in [0, 0.1) is 5.92 Å². The van der Waals surface area contributed by atoms with Gasteiger partial charge >= 0.3 is 0 Å². The van der Waals surface area contributed by atoms with E-state index in [0.717, 1.165) is 36.5 Å². The molecule has 3 aliphatic rings. The van der Waals surface area contributed by atoms with E-state index in [0.29, 0.717) is 42.5 Å². The number of piperidine rings is 1. The molecule has 0 amide bonds. The summed E-state index contributed by atoms with van der Waals surface area (Å²) in [5.41, 5.74) is 3.07. The molecule has 184 valence electrons. The van der Waals surface area contributed by atoms with E-state index in [1.807, 2.05) is 47.9 Å². The summed E-state index contributed by atoms with van der Waals surface area (Å²) in [6, 6.07) is 16.2. The van der Waals surface area contributed by atoms with Gasteiger partial charge in [-0.05, 0) is 61.2 Å². The highest BCUT2D eigenvalue weighted by molar-refractivity contribution is 6.15. The number of fused-ring (bicyclic) bond motifs is 5. The molecule has 6 rings (SSSR count). The lowest BCUT2D eigenvalue weighted by Crippen LogP contribution is -2.46. The largest absolute Gasteiger partial charge is 0.507 e. The maximum absolute atomic E-state index is 13.1. The first kappa shape index (κ1) is 22.6. The Morgan fingerprint density at radius 2 is 1.89 bits per heavy atom. The lowest BCUT2D eigenvalue weighted by Gasteiger charge is -2.42. The molecule has 3 aromatic rings. The number of benzene rings is 2.